The van der Waals surface area contributed by atoms with E-state index in [2.05, 4.69) is 0 Å². The van der Waals surface area contributed by atoms with Crippen molar-refractivity contribution in [1.82, 2.24) is 0 Å². The van der Waals surface area contributed by atoms with Crippen molar-refractivity contribution in [2.75, 3.05) is 0 Å². The predicted molar refractivity (Wildman–Crippen MR) is 55.5 cm³/mol. The van der Waals surface area contributed by atoms with E-state index in [1.807, 2.05) is 44.2 Å². The maximum atomic E-state index is 11.0. The van der Waals surface area contributed by atoms with Crippen LogP contribution in [0.3, 0.4) is 0 Å². The van der Waals surface area contributed by atoms with Crippen LogP contribution >= 0.6 is 0 Å². The zero-order valence-electron chi connectivity index (χ0n) is 8.08. The van der Waals surface area contributed by atoms with E-state index in [-0.39, 0.29) is 5.78 Å². The molecule has 1 heteroatoms. The maximum absolute atomic E-state index is 11.0. The number of hydrogen-bond donors (Lipinski definition) is 0. The van der Waals surface area contributed by atoms with Crippen LogP contribution in [0.4, 0.5) is 0 Å². The van der Waals surface area contributed by atoms with Crippen molar-refractivity contribution in [3.05, 3.63) is 41.5 Å². The fourth-order valence-corrected chi connectivity index (χ4v) is 0.985. The molecule has 0 amide bonds. The Morgan fingerprint density at radius 2 is 1.92 bits per heavy atom. The van der Waals surface area contributed by atoms with Crippen molar-refractivity contribution in [1.29, 1.82) is 0 Å². The molecular weight excluding hydrogens is 160 g/mol. The van der Waals surface area contributed by atoms with Crippen molar-refractivity contribution in [2.24, 2.45) is 0 Å². The first-order chi connectivity index (χ1) is 6.22. The molecule has 0 aliphatic heterocycles. The van der Waals surface area contributed by atoms with Crippen LogP contribution in [0.1, 0.15) is 24.5 Å². The molecule has 0 heterocycles. The van der Waals surface area contributed by atoms with Gasteiger partial charge < -0.3 is 0 Å². The highest BCUT2D eigenvalue weighted by Gasteiger charge is 1.90. The smallest absolute Gasteiger partial charge is 0.155 e. The third-order valence-corrected chi connectivity index (χ3v) is 1.89. The van der Waals surface area contributed by atoms with Crippen LogP contribution in [0.2, 0.25) is 0 Å². The normalized spacial score (nSPS) is 10.6. The molecule has 13 heavy (non-hydrogen) atoms. The lowest BCUT2D eigenvalue weighted by molar-refractivity contribution is -0.114. The summed E-state index contributed by atoms with van der Waals surface area (Å²) in [5.41, 5.74) is 2.31. The molecule has 1 aromatic carbocycles. The van der Waals surface area contributed by atoms with E-state index in [1.165, 1.54) is 5.56 Å². The van der Waals surface area contributed by atoms with Gasteiger partial charge in [0.2, 0.25) is 0 Å². The average Bonchev–Trinajstić information content (AvgIpc) is 2.16. The molecule has 0 N–H and O–H groups in total. The number of rotatable bonds is 3. The number of ketones is 1. The summed E-state index contributed by atoms with van der Waals surface area (Å²) in [6.45, 7) is 3.91. The monoisotopic (exact) mass is 174 g/mol. The van der Waals surface area contributed by atoms with E-state index < -0.39 is 0 Å². The van der Waals surface area contributed by atoms with Gasteiger partial charge in [0, 0.05) is 6.42 Å². The molecule has 0 bridgehead atoms. The Bertz CT molecular complexity index is 306. The fourth-order valence-electron chi connectivity index (χ4n) is 0.985. The topological polar surface area (TPSA) is 17.1 Å². The van der Waals surface area contributed by atoms with Crippen LogP contribution in [0.5, 0.6) is 0 Å². The van der Waals surface area contributed by atoms with Crippen molar-refractivity contribution >= 4 is 11.9 Å². The minimum Gasteiger partial charge on any atom is -0.295 e. The molecule has 0 unspecified atom stereocenters. The highest BCUT2D eigenvalue weighted by molar-refractivity contribution is 5.93. The Morgan fingerprint density at radius 1 is 1.31 bits per heavy atom. The molecule has 0 aliphatic rings. The number of hydrogen-bond acceptors (Lipinski definition) is 1. The summed E-state index contributed by atoms with van der Waals surface area (Å²) in [6, 6.07) is 8.09. The molecule has 0 aromatic heterocycles. The van der Waals surface area contributed by atoms with Gasteiger partial charge in [-0.3, -0.25) is 4.79 Å². The molecule has 0 aliphatic carbocycles. The Morgan fingerprint density at radius 3 is 2.46 bits per heavy atom. The highest BCUT2D eigenvalue weighted by Crippen LogP contribution is 2.05. The lowest BCUT2D eigenvalue weighted by Crippen LogP contribution is -1.86. The Hall–Kier alpha value is -1.37. The number of carbonyl (C=O) groups excluding carboxylic acids is 1. The van der Waals surface area contributed by atoms with E-state index in [0.29, 0.717) is 6.42 Å². The first kappa shape index (κ1) is 9.72. The van der Waals surface area contributed by atoms with Gasteiger partial charge in [0.05, 0.1) is 0 Å². The second kappa shape index (κ2) is 4.61. The van der Waals surface area contributed by atoms with Gasteiger partial charge in [0.25, 0.3) is 0 Å². The number of allylic oxidation sites excluding steroid dienone is 1. The van der Waals surface area contributed by atoms with Crippen LogP contribution in [0.15, 0.2) is 30.3 Å². The molecule has 0 spiro atoms. The van der Waals surface area contributed by atoms with Gasteiger partial charge in [0.1, 0.15) is 0 Å². The minimum atomic E-state index is 0.167. The summed E-state index contributed by atoms with van der Waals surface area (Å²) in [7, 11) is 0. The second-order valence-corrected chi connectivity index (χ2v) is 3.06. The Balaban J connectivity index is 2.69. The Kier molecular flexibility index (Phi) is 3.44. The van der Waals surface area contributed by atoms with Crippen molar-refractivity contribution in [3.8, 4) is 0 Å². The minimum absolute atomic E-state index is 0.167. The molecule has 0 saturated heterocycles. The summed E-state index contributed by atoms with van der Waals surface area (Å²) >= 11 is 0. The number of carbonyl (C=O) groups is 1. The number of aryl methyl sites for hydroxylation is 1. The maximum Gasteiger partial charge on any atom is 0.155 e. The van der Waals surface area contributed by atoms with E-state index in [9.17, 15) is 4.79 Å². The molecule has 68 valence electrons. The van der Waals surface area contributed by atoms with Gasteiger partial charge in [-0.25, -0.2) is 0 Å². The molecule has 0 atom stereocenters. The van der Waals surface area contributed by atoms with Crippen LogP contribution in [0.25, 0.3) is 6.08 Å². The molecule has 1 aromatic rings. The highest BCUT2D eigenvalue weighted by atomic mass is 16.1. The van der Waals surface area contributed by atoms with Gasteiger partial charge in [-0.15, -0.1) is 0 Å². The van der Waals surface area contributed by atoms with E-state index in [4.69, 9.17) is 0 Å². The third-order valence-electron chi connectivity index (χ3n) is 1.89. The molecule has 0 saturated carbocycles. The van der Waals surface area contributed by atoms with Gasteiger partial charge in [-0.05, 0) is 18.6 Å². The first-order valence-electron chi connectivity index (χ1n) is 4.50. The fraction of sp³-hybridized carbons (Fsp3) is 0.250. The van der Waals surface area contributed by atoms with E-state index >= 15 is 0 Å². The first-order valence-corrected chi connectivity index (χ1v) is 4.50. The molecule has 1 rings (SSSR count). The van der Waals surface area contributed by atoms with Crippen LogP contribution in [-0.4, -0.2) is 5.78 Å². The predicted octanol–water partition coefficient (Wildman–Crippen LogP) is 2.99. The summed E-state index contributed by atoms with van der Waals surface area (Å²) in [5.74, 6) is 0.167. The molecular formula is C12H14O. The zero-order valence-corrected chi connectivity index (χ0v) is 8.08. The van der Waals surface area contributed by atoms with Crippen LogP contribution in [0, 0.1) is 6.92 Å². The van der Waals surface area contributed by atoms with Crippen molar-refractivity contribution in [3.63, 3.8) is 0 Å². The molecule has 0 radical (unpaired) electrons. The van der Waals surface area contributed by atoms with Crippen LogP contribution < -0.4 is 0 Å². The van der Waals surface area contributed by atoms with Crippen molar-refractivity contribution in [2.45, 2.75) is 20.3 Å². The van der Waals surface area contributed by atoms with Gasteiger partial charge >= 0.3 is 0 Å². The average molecular weight is 174 g/mol. The second-order valence-electron chi connectivity index (χ2n) is 3.06. The summed E-state index contributed by atoms with van der Waals surface area (Å²) in [6.07, 6.45) is 4.05. The van der Waals surface area contributed by atoms with Gasteiger partial charge in [0.15, 0.2) is 5.78 Å². The lowest BCUT2D eigenvalue weighted by atomic mass is 10.1. The summed E-state index contributed by atoms with van der Waals surface area (Å²) < 4.78 is 0. The van der Waals surface area contributed by atoms with Gasteiger partial charge in [-0.2, -0.15) is 0 Å². The molecule has 0 fully saturated rings. The molecule has 1 nitrogen and oxygen atoms in total. The van der Waals surface area contributed by atoms with E-state index in [1.54, 1.807) is 6.08 Å². The zero-order chi connectivity index (χ0) is 9.68. The standard InChI is InChI=1S/C12H14O/c1-3-12(13)9-8-11-6-4-10(2)5-7-11/h4-9H,3H2,1-2H3/b9-8+. The largest absolute Gasteiger partial charge is 0.295 e. The third kappa shape index (κ3) is 3.24. The van der Waals surface area contributed by atoms with Crippen LogP contribution in [-0.2, 0) is 4.79 Å². The van der Waals surface area contributed by atoms with Gasteiger partial charge in [-0.1, -0.05) is 42.8 Å². The summed E-state index contributed by atoms with van der Waals surface area (Å²) in [4.78, 5) is 11.0. The van der Waals surface area contributed by atoms with E-state index in [0.717, 1.165) is 5.56 Å². The quantitative estimate of drug-likeness (QED) is 0.644. The Labute approximate surface area is 79.1 Å². The number of benzene rings is 1. The lowest BCUT2D eigenvalue weighted by Gasteiger charge is -1.93. The SMILES string of the molecule is CCC(=O)/C=C/c1ccc(C)cc1. The van der Waals surface area contributed by atoms with Crippen molar-refractivity contribution < 1.29 is 4.79 Å². The summed E-state index contributed by atoms with van der Waals surface area (Å²) in [5, 5.41) is 0.